The van der Waals surface area contributed by atoms with Gasteiger partial charge in [0.2, 0.25) is 0 Å². The Morgan fingerprint density at radius 1 is 1.39 bits per heavy atom. The molecule has 1 aromatic carbocycles. The molecule has 1 fully saturated rings. The molecule has 4 nitrogen and oxygen atoms in total. The second kappa shape index (κ2) is 6.62. The molecular weight excluding hydrogens is 265 g/mol. The van der Waals surface area contributed by atoms with Gasteiger partial charge in [0.1, 0.15) is 5.82 Å². The molecule has 3 rings (SSSR count). The van der Waals surface area contributed by atoms with Crippen LogP contribution in [0.4, 0.5) is 0 Å². The number of hydrogen-bond acceptors (Lipinski definition) is 2. The van der Waals surface area contributed by atoms with E-state index in [0.717, 1.165) is 16.9 Å². The maximum Gasteiger partial charge on any atom is 2.00 e. The number of hydrogen-bond donors (Lipinski definition) is 1. The van der Waals surface area contributed by atoms with Gasteiger partial charge in [0, 0.05) is 5.92 Å². The van der Waals surface area contributed by atoms with Crippen LogP contribution in [0.3, 0.4) is 0 Å². The summed E-state index contributed by atoms with van der Waals surface area (Å²) in [6, 6.07) is 7.87. The Morgan fingerprint density at radius 3 is 2.72 bits per heavy atom. The molecule has 93 valence electrons. The van der Waals surface area contributed by atoms with Gasteiger partial charge in [0.05, 0.1) is 16.9 Å². The molecule has 0 aliphatic carbocycles. The van der Waals surface area contributed by atoms with Gasteiger partial charge in [-0.3, -0.25) is 0 Å². The third kappa shape index (κ3) is 2.95. The molecule has 2 aromatic rings. The van der Waals surface area contributed by atoms with Crippen LogP contribution in [0.2, 0.25) is 0 Å². The zero-order valence-corrected chi connectivity index (χ0v) is 11.7. The van der Waals surface area contributed by atoms with Crippen molar-refractivity contribution in [3.8, 4) is 0 Å². The average molecular weight is 280 g/mol. The molecule has 2 heterocycles. The van der Waals surface area contributed by atoms with Gasteiger partial charge in [-0.05, 0) is 18.6 Å². The second-order valence-electron chi connectivity index (χ2n) is 3.77. The quantitative estimate of drug-likeness (QED) is 0.816. The average Bonchev–Trinajstić information content (AvgIpc) is 2.97. The number of aromatic nitrogens is 2. The van der Waals surface area contributed by atoms with Crippen LogP contribution >= 0.6 is 0 Å². The zero-order chi connectivity index (χ0) is 12.3. The molecule has 1 aliphatic heterocycles. The summed E-state index contributed by atoms with van der Waals surface area (Å²) in [6.07, 6.45) is 0.486. The standard InChI is InChI=1S/C11H11N3O.C2H5.V/c15-10-5-7(6-12-10)11-13-8-3-1-2-4-9(8)14-11;1-2;/h1-4,7H,5-6H2,(H2,12,13,14,15);1H2,2H3;/q;-1;+2/p-1. The molecule has 18 heavy (non-hydrogen) atoms. The monoisotopic (exact) mass is 280 g/mol. The minimum Gasteiger partial charge on any atom is -0.653 e. The molecule has 1 amide bonds. The SMILES string of the molecule is O=C1CC(c2nc3ccccc3[nH]2)C[N-]1.[CH2-]C.[V+2]. The van der Waals surface area contributed by atoms with Crippen molar-refractivity contribution in [3.05, 3.63) is 42.3 Å². The number of nitrogens with one attached hydrogen (secondary N) is 1. The number of nitrogens with zero attached hydrogens (tertiary/aromatic N) is 2. The van der Waals surface area contributed by atoms with Crippen molar-refractivity contribution in [3.63, 3.8) is 0 Å². The summed E-state index contributed by atoms with van der Waals surface area (Å²) in [6.45, 7) is 5.57. The van der Waals surface area contributed by atoms with E-state index in [0.29, 0.717) is 13.0 Å². The third-order valence-corrected chi connectivity index (χ3v) is 2.70. The van der Waals surface area contributed by atoms with Gasteiger partial charge in [0.25, 0.3) is 0 Å². The minimum atomic E-state index is -0.0135. The van der Waals surface area contributed by atoms with Gasteiger partial charge in [0.15, 0.2) is 0 Å². The molecule has 1 unspecified atom stereocenters. The topological polar surface area (TPSA) is 59.9 Å². The molecule has 1 aliphatic rings. The van der Waals surface area contributed by atoms with Crippen LogP contribution in [0.25, 0.3) is 16.4 Å². The fourth-order valence-corrected chi connectivity index (χ4v) is 1.90. The van der Waals surface area contributed by atoms with E-state index >= 15 is 0 Å². The number of benzene rings is 1. The van der Waals surface area contributed by atoms with Crippen LogP contribution < -0.4 is 0 Å². The van der Waals surface area contributed by atoms with E-state index < -0.39 is 0 Å². The molecule has 1 atom stereocenters. The first kappa shape index (κ1) is 14.8. The first-order valence-electron chi connectivity index (χ1n) is 5.68. The van der Waals surface area contributed by atoms with E-state index in [4.69, 9.17) is 0 Å². The smallest absolute Gasteiger partial charge is 0.653 e. The molecule has 1 radical (unpaired) electrons. The maximum atomic E-state index is 11.0. The number of fused-ring (bicyclic) bond motifs is 1. The molecule has 0 saturated carbocycles. The molecule has 5 heteroatoms. The summed E-state index contributed by atoms with van der Waals surface area (Å²) in [5.74, 6) is 1.01. The number of para-hydroxylation sites is 2. The van der Waals surface area contributed by atoms with E-state index in [1.807, 2.05) is 24.3 Å². The number of amides is 1. The fourth-order valence-electron chi connectivity index (χ4n) is 1.90. The Balaban J connectivity index is 0.000000516. The molecular formula is C13H15N3OV. The molecule has 0 spiro atoms. The summed E-state index contributed by atoms with van der Waals surface area (Å²) in [4.78, 5) is 18.7. The fraction of sp³-hybridized carbons (Fsp3) is 0.308. The van der Waals surface area contributed by atoms with Crippen LogP contribution in [-0.2, 0) is 23.4 Å². The Hall–Kier alpha value is -1.26. The van der Waals surface area contributed by atoms with E-state index in [1.165, 1.54) is 0 Å². The second-order valence-corrected chi connectivity index (χ2v) is 3.77. The number of H-pyrrole nitrogens is 1. The predicted octanol–water partition coefficient (Wildman–Crippen LogP) is 2.79. The van der Waals surface area contributed by atoms with Crippen molar-refractivity contribution >= 4 is 16.9 Å². The number of aromatic amines is 1. The summed E-state index contributed by atoms with van der Waals surface area (Å²) in [5.41, 5.74) is 1.97. The van der Waals surface area contributed by atoms with E-state index in [2.05, 4.69) is 22.2 Å². The van der Waals surface area contributed by atoms with E-state index in [9.17, 15) is 4.79 Å². The molecule has 1 N–H and O–H groups in total. The summed E-state index contributed by atoms with van der Waals surface area (Å²) in [5, 5.41) is 3.87. The number of carbonyl (C=O) groups excluding carboxylic acids is 1. The Morgan fingerprint density at radius 2 is 2.11 bits per heavy atom. The Labute approximate surface area is 118 Å². The van der Waals surface area contributed by atoms with Crippen molar-refractivity contribution < 1.29 is 23.4 Å². The Kier molecular flexibility index (Phi) is 5.44. The van der Waals surface area contributed by atoms with E-state index in [1.54, 1.807) is 6.92 Å². The van der Waals surface area contributed by atoms with Gasteiger partial charge in [-0.2, -0.15) is 6.92 Å². The molecule has 1 saturated heterocycles. The van der Waals surface area contributed by atoms with Crippen molar-refractivity contribution in [2.75, 3.05) is 6.54 Å². The largest absolute Gasteiger partial charge is 2.00 e. The maximum absolute atomic E-state index is 11.0. The van der Waals surface area contributed by atoms with Gasteiger partial charge >= 0.3 is 18.6 Å². The summed E-state index contributed by atoms with van der Waals surface area (Å²) in [7, 11) is 0. The third-order valence-electron chi connectivity index (χ3n) is 2.70. The van der Waals surface area contributed by atoms with Crippen molar-refractivity contribution in [2.45, 2.75) is 19.3 Å². The molecule has 1 aromatic heterocycles. The van der Waals surface area contributed by atoms with Crippen LogP contribution in [0.15, 0.2) is 24.3 Å². The minimum absolute atomic E-state index is 0. The first-order chi connectivity index (χ1) is 8.33. The Bertz CT molecular complexity index is 491. The van der Waals surface area contributed by atoms with E-state index in [-0.39, 0.29) is 30.4 Å². The van der Waals surface area contributed by atoms with Crippen molar-refractivity contribution in [1.29, 1.82) is 0 Å². The zero-order valence-electron chi connectivity index (χ0n) is 10.3. The van der Waals surface area contributed by atoms with Gasteiger partial charge in [-0.1, -0.05) is 12.1 Å². The normalized spacial score (nSPS) is 17.7. The number of rotatable bonds is 1. The number of carbonyl (C=O) groups is 1. The van der Waals surface area contributed by atoms with Crippen molar-refractivity contribution in [1.82, 2.24) is 9.97 Å². The first-order valence-corrected chi connectivity index (χ1v) is 5.68. The van der Waals surface area contributed by atoms with Crippen LogP contribution in [0.5, 0.6) is 0 Å². The van der Waals surface area contributed by atoms with Gasteiger partial charge in [-0.25, -0.2) is 4.98 Å². The number of imidazole rings is 1. The van der Waals surface area contributed by atoms with Crippen LogP contribution in [-0.4, -0.2) is 22.4 Å². The predicted molar refractivity (Wildman–Crippen MR) is 67.7 cm³/mol. The van der Waals surface area contributed by atoms with Crippen LogP contribution in [0.1, 0.15) is 25.1 Å². The summed E-state index contributed by atoms with van der Waals surface area (Å²) >= 11 is 0. The van der Waals surface area contributed by atoms with Gasteiger partial charge in [-0.15, -0.1) is 6.54 Å². The van der Waals surface area contributed by atoms with Crippen molar-refractivity contribution in [2.24, 2.45) is 0 Å². The van der Waals surface area contributed by atoms with Crippen LogP contribution in [0, 0.1) is 6.92 Å². The van der Waals surface area contributed by atoms with Gasteiger partial charge < -0.3 is 22.0 Å². The molecule has 0 bridgehead atoms. The summed E-state index contributed by atoms with van der Waals surface area (Å²) < 4.78 is 0.